The van der Waals surface area contributed by atoms with Crippen molar-refractivity contribution in [2.75, 3.05) is 4.90 Å². The van der Waals surface area contributed by atoms with Gasteiger partial charge in [0.15, 0.2) is 0 Å². The lowest BCUT2D eigenvalue weighted by Gasteiger charge is -2.29. The molecule has 10 aromatic rings. The summed E-state index contributed by atoms with van der Waals surface area (Å²) in [5.41, 5.74) is 13.1. The molecule has 0 atom stereocenters. The van der Waals surface area contributed by atoms with E-state index < -0.39 is 0 Å². The molecule has 0 N–H and O–H groups in total. The van der Waals surface area contributed by atoms with E-state index in [0.29, 0.717) is 0 Å². The average molecular weight is 706 g/mol. The monoisotopic (exact) mass is 705 g/mol. The van der Waals surface area contributed by atoms with Crippen LogP contribution in [0.2, 0.25) is 0 Å². The maximum atomic E-state index is 2.48. The Morgan fingerprint density at radius 1 is 0.296 bits per heavy atom. The van der Waals surface area contributed by atoms with Crippen molar-refractivity contribution in [2.45, 2.75) is 0 Å². The third-order valence-corrected chi connectivity index (χ3v) is 11.7. The molecule has 2 heteroatoms. The number of hydrogen-bond donors (Lipinski definition) is 0. The van der Waals surface area contributed by atoms with Crippen molar-refractivity contribution in [3.63, 3.8) is 0 Å². The van der Waals surface area contributed by atoms with Gasteiger partial charge in [-0.3, -0.25) is 0 Å². The fraction of sp³-hybridized carbons (Fsp3) is 0. The van der Waals surface area contributed by atoms with E-state index in [9.17, 15) is 0 Å². The molecule has 0 fully saturated rings. The smallest absolute Gasteiger partial charge is 0.0646 e. The lowest BCUT2D eigenvalue weighted by molar-refractivity contribution is 1.30. The summed E-state index contributed by atoms with van der Waals surface area (Å²) >= 11 is 1.89. The summed E-state index contributed by atoms with van der Waals surface area (Å²) in [6.45, 7) is 0. The fourth-order valence-corrected chi connectivity index (χ4v) is 9.12. The minimum atomic E-state index is 1.11. The first-order chi connectivity index (χ1) is 26.8. The maximum absolute atomic E-state index is 2.48. The third kappa shape index (κ3) is 5.74. The first-order valence-electron chi connectivity index (χ1n) is 18.4. The van der Waals surface area contributed by atoms with Gasteiger partial charge in [-0.2, -0.15) is 0 Å². The predicted octanol–water partition coefficient (Wildman–Crippen LogP) is 15.3. The van der Waals surface area contributed by atoms with Gasteiger partial charge in [0, 0.05) is 26.7 Å². The zero-order chi connectivity index (χ0) is 35.8. The molecule has 0 aliphatic carbocycles. The number of thiophene rings is 1. The molecule has 10 rings (SSSR count). The topological polar surface area (TPSA) is 3.24 Å². The third-order valence-electron chi connectivity index (χ3n) is 10.4. The van der Waals surface area contributed by atoms with Crippen LogP contribution < -0.4 is 4.90 Å². The molecule has 0 saturated carbocycles. The standard InChI is InChI=1S/C52H35NS/c1-4-15-36(16-5-1)43-34-48-47-25-14-24-46(40-20-8-3-9-21-40)51(47)54-52(48)50(35-43)53(49-26-13-12-23-45(49)39-18-6-2-7-19-39)44-31-29-38(30-32-44)42-28-27-37-17-10-11-22-41(37)33-42/h1-35H. The Hall–Kier alpha value is -6.74. The first kappa shape index (κ1) is 32.0. The van der Waals surface area contributed by atoms with E-state index in [4.69, 9.17) is 0 Å². The van der Waals surface area contributed by atoms with E-state index in [1.165, 1.54) is 75.5 Å². The molecular formula is C52H35NS. The van der Waals surface area contributed by atoms with Crippen molar-refractivity contribution >= 4 is 59.3 Å². The van der Waals surface area contributed by atoms with Gasteiger partial charge >= 0.3 is 0 Å². The number of rotatable bonds is 7. The fourth-order valence-electron chi connectivity index (χ4n) is 7.80. The van der Waals surface area contributed by atoms with Crippen molar-refractivity contribution in [2.24, 2.45) is 0 Å². The number of para-hydroxylation sites is 1. The second-order valence-corrected chi connectivity index (χ2v) is 14.7. The molecule has 54 heavy (non-hydrogen) atoms. The Labute approximate surface area is 319 Å². The highest BCUT2D eigenvalue weighted by Gasteiger charge is 2.23. The molecule has 0 spiro atoms. The lowest BCUT2D eigenvalue weighted by atomic mass is 9.97. The van der Waals surface area contributed by atoms with Gasteiger partial charge < -0.3 is 4.90 Å². The predicted molar refractivity (Wildman–Crippen MR) is 233 cm³/mol. The normalized spacial score (nSPS) is 11.3. The molecule has 254 valence electrons. The zero-order valence-electron chi connectivity index (χ0n) is 29.6. The van der Waals surface area contributed by atoms with Gasteiger partial charge in [0.25, 0.3) is 0 Å². The van der Waals surface area contributed by atoms with Crippen molar-refractivity contribution in [1.82, 2.24) is 0 Å². The van der Waals surface area contributed by atoms with Crippen LogP contribution >= 0.6 is 11.3 Å². The van der Waals surface area contributed by atoms with Crippen LogP contribution in [0.1, 0.15) is 0 Å². The quantitative estimate of drug-likeness (QED) is 0.160. The summed E-state index contributed by atoms with van der Waals surface area (Å²) in [6, 6.07) is 77.1. The molecule has 0 aliphatic rings. The number of hydrogen-bond acceptors (Lipinski definition) is 2. The van der Waals surface area contributed by atoms with E-state index in [-0.39, 0.29) is 0 Å². The van der Waals surface area contributed by atoms with Crippen LogP contribution in [0.3, 0.4) is 0 Å². The van der Waals surface area contributed by atoms with Crippen LogP contribution in [-0.2, 0) is 0 Å². The molecule has 0 bridgehead atoms. The van der Waals surface area contributed by atoms with E-state index in [0.717, 1.165) is 17.1 Å². The van der Waals surface area contributed by atoms with Crippen molar-refractivity contribution in [1.29, 1.82) is 0 Å². The lowest BCUT2D eigenvalue weighted by Crippen LogP contribution is -2.11. The van der Waals surface area contributed by atoms with Crippen LogP contribution in [0.25, 0.3) is 75.5 Å². The maximum Gasteiger partial charge on any atom is 0.0646 e. The average Bonchev–Trinajstić information content (AvgIpc) is 3.64. The largest absolute Gasteiger partial charge is 0.308 e. The van der Waals surface area contributed by atoms with Gasteiger partial charge in [-0.25, -0.2) is 0 Å². The molecule has 0 amide bonds. The molecule has 1 heterocycles. The minimum Gasteiger partial charge on any atom is -0.308 e. The molecule has 1 nitrogen and oxygen atoms in total. The number of anilines is 3. The Balaban J connectivity index is 1.24. The molecule has 0 radical (unpaired) electrons. The highest BCUT2D eigenvalue weighted by atomic mass is 32.1. The minimum absolute atomic E-state index is 1.11. The molecule has 0 unspecified atom stereocenters. The number of nitrogens with zero attached hydrogens (tertiary/aromatic N) is 1. The molecular weight excluding hydrogens is 671 g/mol. The van der Waals surface area contributed by atoms with Gasteiger partial charge in [0.1, 0.15) is 0 Å². The zero-order valence-corrected chi connectivity index (χ0v) is 30.4. The van der Waals surface area contributed by atoms with Crippen LogP contribution in [-0.4, -0.2) is 0 Å². The van der Waals surface area contributed by atoms with E-state index in [1.54, 1.807) is 0 Å². The van der Waals surface area contributed by atoms with E-state index in [2.05, 4.69) is 217 Å². The van der Waals surface area contributed by atoms with Crippen LogP contribution in [0, 0.1) is 0 Å². The van der Waals surface area contributed by atoms with E-state index in [1.807, 2.05) is 11.3 Å². The van der Waals surface area contributed by atoms with Crippen molar-refractivity contribution < 1.29 is 0 Å². The Bertz CT molecular complexity index is 2910. The second-order valence-electron chi connectivity index (χ2n) is 13.7. The summed E-state index contributed by atoms with van der Waals surface area (Å²) in [7, 11) is 0. The Morgan fingerprint density at radius 2 is 0.870 bits per heavy atom. The summed E-state index contributed by atoms with van der Waals surface area (Å²) in [5, 5.41) is 5.04. The van der Waals surface area contributed by atoms with Gasteiger partial charge in [-0.15, -0.1) is 11.3 Å². The molecule has 9 aromatic carbocycles. The summed E-state index contributed by atoms with van der Waals surface area (Å²) in [4.78, 5) is 2.48. The summed E-state index contributed by atoms with van der Waals surface area (Å²) < 4.78 is 2.56. The van der Waals surface area contributed by atoms with E-state index >= 15 is 0 Å². The van der Waals surface area contributed by atoms with Gasteiger partial charge in [-0.1, -0.05) is 176 Å². The molecule has 0 saturated heterocycles. The van der Waals surface area contributed by atoms with Crippen molar-refractivity contribution in [3.8, 4) is 44.5 Å². The van der Waals surface area contributed by atoms with Gasteiger partial charge in [0.05, 0.1) is 16.1 Å². The van der Waals surface area contributed by atoms with Gasteiger partial charge in [-0.05, 0) is 86.1 Å². The Kier molecular flexibility index (Phi) is 8.09. The number of benzene rings is 9. The highest BCUT2D eigenvalue weighted by molar-refractivity contribution is 7.27. The Morgan fingerprint density at radius 3 is 1.61 bits per heavy atom. The van der Waals surface area contributed by atoms with Crippen LogP contribution in [0.15, 0.2) is 212 Å². The van der Waals surface area contributed by atoms with Crippen LogP contribution in [0.4, 0.5) is 17.1 Å². The molecule has 0 aliphatic heterocycles. The first-order valence-corrected chi connectivity index (χ1v) is 19.2. The van der Waals surface area contributed by atoms with Gasteiger partial charge in [0.2, 0.25) is 0 Å². The number of fused-ring (bicyclic) bond motifs is 4. The SMILES string of the molecule is c1ccc(-c2cc(N(c3ccc(-c4ccc5ccccc5c4)cc3)c3ccccc3-c3ccccc3)c3sc4c(-c5ccccc5)cccc4c3c2)cc1. The summed E-state index contributed by atoms with van der Waals surface area (Å²) in [6.07, 6.45) is 0. The highest BCUT2D eigenvalue weighted by Crippen LogP contribution is 2.50. The molecule has 1 aromatic heterocycles. The summed E-state index contributed by atoms with van der Waals surface area (Å²) in [5.74, 6) is 0. The second kappa shape index (κ2) is 13.7. The van der Waals surface area contributed by atoms with Crippen LogP contribution in [0.5, 0.6) is 0 Å². The van der Waals surface area contributed by atoms with Crippen molar-refractivity contribution in [3.05, 3.63) is 212 Å².